The summed E-state index contributed by atoms with van der Waals surface area (Å²) in [5, 5.41) is 0. The fourth-order valence-corrected chi connectivity index (χ4v) is 2.70. The van der Waals surface area contributed by atoms with Crippen molar-refractivity contribution in [1.82, 2.24) is 4.98 Å². The number of hydrogen-bond acceptors (Lipinski definition) is 4. The highest BCUT2D eigenvalue weighted by atomic mass is 16.5. The first-order valence-corrected chi connectivity index (χ1v) is 7.06. The van der Waals surface area contributed by atoms with Gasteiger partial charge < -0.3 is 9.64 Å². The molecule has 1 amide bonds. The van der Waals surface area contributed by atoms with Crippen molar-refractivity contribution in [3.63, 3.8) is 0 Å². The van der Waals surface area contributed by atoms with Gasteiger partial charge in [-0.15, -0.1) is 0 Å². The molecule has 0 spiro atoms. The normalized spacial score (nSPS) is 12.9. The summed E-state index contributed by atoms with van der Waals surface area (Å²) in [6.07, 6.45) is 2.23. The minimum atomic E-state index is -0.372. The summed E-state index contributed by atoms with van der Waals surface area (Å²) in [4.78, 5) is 30.3. The number of benzene rings is 1. The van der Waals surface area contributed by atoms with Crippen LogP contribution in [0.15, 0.2) is 36.5 Å². The molecule has 0 bridgehead atoms. The van der Waals surface area contributed by atoms with Crippen LogP contribution >= 0.6 is 0 Å². The highest BCUT2D eigenvalue weighted by Gasteiger charge is 2.29. The fourth-order valence-electron chi connectivity index (χ4n) is 2.70. The number of ether oxygens (including phenoxy) is 1. The quantitative estimate of drug-likeness (QED) is 0.798. The molecule has 0 radical (unpaired) electrons. The van der Waals surface area contributed by atoms with Crippen LogP contribution in [0.4, 0.5) is 5.69 Å². The van der Waals surface area contributed by atoms with Gasteiger partial charge in [-0.3, -0.25) is 9.78 Å². The summed E-state index contributed by atoms with van der Waals surface area (Å²) >= 11 is 0. The Morgan fingerprint density at radius 3 is 2.73 bits per heavy atom. The van der Waals surface area contributed by atoms with Crippen LogP contribution in [0.3, 0.4) is 0 Å². The van der Waals surface area contributed by atoms with E-state index in [9.17, 15) is 9.59 Å². The number of nitrogens with zero attached hydrogens (tertiary/aromatic N) is 2. The second-order valence-electron chi connectivity index (χ2n) is 5.19. The second kappa shape index (κ2) is 5.60. The van der Waals surface area contributed by atoms with Gasteiger partial charge in [0.1, 0.15) is 0 Å². The third-order valence-corrected chi connectivity index (χ3v) is 3.84. The van der Waals surface area contributed by atoms with Crippen LogP contribution in [-0.2, 0) is 11.2 Å². The van der Waals surface area contributed by atoms with Gasteiger partial charge in [0.2, 0.25) is 0 Å². The number of pyridine rings is 1. The summed E-state index contributed by atoms with van der Waals surface area (Å²) in [7, 11) is 1.36. The van der Waals surface area contributed by atoms with E-state index in [4.69, 9.17) is 4.74 Å². The van der Waals surface area contributed by atoms with Gasteiger partial charge >= 0.3 is 5.97 Å². The van der Waals surface area contributed by atoms with Gasteiger partial charge in [0.05, 0.1) is 18.2 Å². The first-order chi connectivity index (χ1) is 10.6. The maximum absolute atomic E-state index is 12.6. The number of amides is 1. The highest BCUT2D eigenvalue weighted by molar-refractivity contribution is 6.08. The van der Waals surface area contributed by atoms with Gasteiger partial charge in [-0.05, 0) is 43.2 Å². The molecule has 1 aromatic carbocycles. The van der Waals surface area contributed by atoms with Crippen LogP contribution in [0.5, 0.6) is 0 Å². The molecule has 5 nitrogen and oxygen atoms in total. The zero-order chi connectivity index (χ0) is 15.7. The zero-order valence-corrected chi connectivity index (χ0v) is 12.5. The Labute approximate surface area is 128 Å². The minimum absolute atomic E-state index is 0.103. The summed E-state index contributed by atoms with van der Waals surface area (Å²) in [5.74, 6) is -0.476. The van der Waals surface area contributed by atoms with Crippen molar-refractivity contribution in [3.05, 3.63) is 58.9 Å². The Balaban J connectivity index is 1.96. The number of hydrogen-bond donors (Lipinski definition) is 0. The molecule has 1 aromatic heterocycles. The molecule has 22 heavy (non-hydrogen) atoms. The van der Waals surface area contributed by atoms with Crippen molar-refractivity contribution in [2.45, 2.75) is 13.3 Å². The lowest BCUT2D eigenvalue weighted by atomic mass is 10.1. The van der Waals surface area contributed by atoms with E-state index in [2.05, 4.69) is 4.98 Å². The Bertz CT molecular complexity index is 738. The van der Waals surface area contributed by atoms with Crippen molar-refractivity contribution in [2.75, 3.05) is 18.6 Å². The number of esters is 1. The van der Waals surface area contributed by atoms with E-state index in [0.29, 0.717) is 24.1 Å². The number of aryl methyl sites for hydroxylation is 1. The highest BCUT2D eigenvalue weighted by Crippen LogP contribution is 2.32. The van der Waals surface area contributed by atoms with E-state index in [1.54, 1.807) is 29.3 Å². The molecule has 0 saturated heterocycles. The zero-order valence-electron chi connectivity index (χ0n) is 12.5. The number of carbonyl (C=O) groups is 2. The summed E-state index contributed by atoms with van der Waals surface area (Å²) < 4.78 is 4.80. The predicted octanol–water partition coefficient (Wildman–Crippen LogP) is 2.38. The van der Waals surface area contributed by atoms with Crippen molar-refractivity contribution in [2.24, 2.45) is 0 Å². The molecule has 3 rings (SSSR count). The van der Waals surface area contributed by atoms with E-state index in [-0.39, 0.29) is 11.9 Å². The SMILES string of the molecule is COC(=O)c1cccc2c1CCN2C(=O)c1ccc(C)nc1. The van der Waals surface area contributed by atoms with Crippen molar-refractivity contribution < 1.29 is 14.3 Å². The van der Waals surface area contributed by atoms with Gasteiger partial charge in [0, 0.05) is 24.1 Å². The van der Waals surface area contributed by atoms with Crippen molar-refractivity contribution >= 4 is 17.6 Å². The molecule has 0 aliphatic carbocycles. The predicted molar refractivity (Wildman–Crippen MR) is 82.1 cm³/mol. The topological polar surface area (TPSA) is 59.5 Å². The summed E-state index contributed by atoms with van der Waals surface area (Å²) in [6.45, 7) is 2.43. The Kier molecular flexibility index (Phi) is 3.63. The largest absolute Gasteiger partial charge is 0.465 e. The molecule has 2 aromatic rings. The Morgan fingerprint density at radius 1 is 1.23 bits per heavy atom. The number of fused-ring (bicyclic) bond motifs is 1. The van der Waals surface area contributed by atoms with Crippen LogP contribution in [-0.4, -0.2) is 30.5 Å². The molecule has 0 saturated carbocycles. The Morgan fingerprint density at radius 2 is 2.05 bits per heavy atom. The van der Waals surface area contributed by atoms with Gasteiger partial charge in [0.15, 0.2) is 0 Å². The van der Waals surface area contributed by atoms with Crippen LogP contribution in [0, 0.1) is 6.92 Å². The average Bonchev–Trinajstić information content (AvgIpc) is 2.98. The molecule has 112 valence electrons. The molecule has 0 atom stereocenters. The number of rotatable bonds is 2. The monoisotopic (exact) mass is 296 g/mol. The first kappa shape index (κ1) is 14.3. The molecule has 5 heteroatoms. The molecule has 0 fully saturated rings. The van der Waals surface area contributed by atoms with E-state index in [1.165, 1.54) is 7.11 Å². The lowest BCUT2D eigenvalue weighted by molar-refractivity contribution is 0.0599. The molecular formula is C17H16N2O3. The number of carbonyl (C=O) groups excluding carboxylic acids is 2. The molecule has 0 unspecified atom stereocenters. The van der Waals surface area contributed by atoms with E-state index >= 15 is 0 Å². The van der Waals surface area contributed by atoms with Gasteiger partial charge in [-0.25, -0.2) is 4.79 Å². The molecule has 2 heterocycles. The van der Waals surface area contributed by atoms with Gasteiger partial charge in [-0.1, -0.05) is 6.07 Å². The van der Waals surface area contributed by atoms with Crippen molar-refractivity contribution in [3.8, 4) is 0 Å². The fraction of sp³-hybridized carbons (Fsp3) is 0.235. The number of methoxy groups -OCH3 is 1. The van der Waals surface area contributed by atoms with Gasteiger partial charge in [0.25, 0.3) is 5.91 Å². The third kappa shape index (κ3) is 2.35. The summed E-state index contributed by atoms with van der Waals surface area (Å²) in [6, 6.07) is 8.94. The lowest BCUT2D eigenvalue weighted by Gasteiger charge is -2.17. The average molecular weight is 296 g/mol. The van der Waals surface area contributed by atoms with Crippen LogP contribution in [0.1, 0.15) is 32.0 Å². The third-order valence-electron chi connectivity index (χ3n) is 3.84. The maximum atomic E-state index is 12.6. The van der Waals surface area contributed by atoms with Crippen LogP contribution in [0.2, 0.25) is 0 Å². The summed E-state index contributed by atoms with van der Waals surface area (Å²) in [5.41, 5.74) is 3.57. The van der Waals surface area contributed by atoms with Gasteiger partial charge in [-0.2, -0.15) is 0 Å². The smallest absolute Gasteiger partial charge is 0.338 e. The number of anilines is 1. The molecular weight excluding hydrogens is 280 g/mol. The standard InChI is InChI=1S/C17H16N2O3/c1-11-6-7-12(10-18-11)16(20)19-9-8-13-14(17(21)22-2)4-3-5-15(13)19/h3-7,10H,8-9H2,1-2H3. The second-order valence-corrected chi connectivity index (χ2v) is 5.19. The van der Waals surface area contributed by atoms with E-state index < -0.39 is 0 Å². The Hall–Kier alpha value is -2.69. The van der Waals surface area contributed by atoms with Crippen molar-refractivity contribution in [1.29, 1.82) is 0 Å². The van der Waals surface area contributed by atoms with Crippen LogP contribution in [0.25, 0.3) is 0 Å². The van der Waals surface area contributed by atoms with E-state index in [1.807, 2.05) is 19.1 Å². The molecule has 0 N–H and O–H groups in total. The minimum Gasteiger partial charge on any atom is -0.465 e. The number of aromatic nitrogens is 1. The molecule has 1 aliphatic rings. The molecule has 1 aliphatic heterocycles. The first-order valence-electron chi connectivity index (χ1n) is 7.06. The maximum Gasteiger partial charge on any atom is 0.338 e. The van der Waals surface area contributed by atoms with E-state index in [0.717, 1.165) is 16.9 Å². The lowest BCUT2D eigenvalue weighted by Crippen LogP contribution is -2.28. The van der Waals surface area contributed by atoms with Crippen LogP contribution < -0.4 is 4.90 Å².